The maximum absolute atomic E-state index is 10.9. The van der Waals surface area contributed by atoms with Gasteiger partial charge in [0.2, 0.25) is 0 Å². The van der Waals surface area contributed by atoms with E-state index >= 15 is 0 Å². The van der Waals surface area contributed by atoms with Crippen LogP contribution in [0.25, 0.3) is 0 Å². The first kappa shape index (κ1) is 11.5. The van der Waals surface area contributed by atoms with Gasteiger partial charge in [-0.15, -0.1) is 12.3 Å². The van der Waals surface area contributed by atoms with E-state index < -0.39 is 0 Å². The molecule has 0 aromatic rings. The molecule has 0 amide bonds. The molecule has 0 rings (SSSR count). The molecule has 0 spiro atoms. The number of carbonyl (C=O) groups excluding carboxylic acids is 1. The number of terminal acetylenes is 1. The first-order valence-electron chi connectivity index (χ1n) is 4.27. The number of nitriles is 1. The highest BCUT2D eigenvalue weighted by molar-refractivity contribution is 5.69. The Kier molecular flexibility index (Phi) is 7.63. The molecule has 0 unspecified atom stereocenters. The molecular weight excluding hydrogens is 166 g/mol. The molecule has 0 aliphatic rings. The van der Waals surface area contributed by atoms with E-state index in [1.165, 1.54) is 0 Å². The molecule has 70 valence electrons. The molecule has 0 aliphatic carbocycles. The maximum atomic E-state index is 10.9. The van der Waals surface area contributed by atoms with Gasteiger partial charge in [-0.2, -0.15) is 5.26 Å². The Balaban J connectivity index is 3.22. The summed E-state index contributed by atoms with van der Waals surface area (Å²) in [5.74, 6) is 2.26. The summed E-state index contributed by atoms with van der Waals surface area (Å²) in [5, 5.41) is 8.16. The van der Waals surface area contributed by atoms with Crippen LogP contribution in [-0.4, -0.2) is 12.6 Å². The molecule has 0 N–H and O–H groups in total. The fourth-order valence-corrected chi connectivity index (χ4v) is 0.779. The first-order chi connectivity index (χ1) is 6.31. The molecular formula is C10H13NO2. The Labute approximate surface area is 78.7 Å². The van der Waals surface area contributed by atoms with Gasteiger partial charge in [0.15, 0.2) is 0 Å². The molecule has 0 atom stereocenters. The van der Waals surface area contributed by atoms with Crippen molar-refractivity contribution >= 4 is 5.97 Å². The molecule has 0 saturated carbocycles. The summed E-state index contributed by atoms with van der Waals surface area (Å²) in [7, 11) is 0. The predicted molar refractivity (Wildman–Crippen MR) is 48.5 cm³/mol. The zero-order chi connectivity index (χ0) is 9.94. The highest BCUT2D eigenvalue weighted by Crippen LogP contribution is 2.00. The molecule has 0 aromatic heterocycles. The average Bonchev–Trinajstić information content (AvgIpc) is 2.13. The molecule has 0 fully saturated rings. The van der Waals surface area contributed by atoms with E-state index in [2.05, 4.69) is 5.92 Å². The van der Waals surface area contributed by atoms with Gasteiger partial charge < -0.3 is 4.74 Å². The van der Waals surface area contributed by atoms with Gasteiger partial charge in [0, 0.05) is 12.8 Å². The molecule has 3 nitrogen and oxygen atoms in total. The average molecular weight is 179 g/mol. The number of nitrogens with zero attached hydrogens (tertiary/aromatic N) is 1. The quantitative estimate of drug-likeness (QED) is 0.354. The summed E-state index contributed by atoms with van der Waals surface area (Å²) in [4.78, 5) is 10.9. The van der Waals surface area contributed by atoms with Crippen LogP contribution in [0.4, 0.5) is 0 Å². The Morgan fingerprint density at radius 3 is 2.77 bits per heavy atom. The normalized spacial score (nSPS) is 8.46. The predicted octanol–water partition coefficient (Wildman–Crippen LogP) is 1.64. The maximum Gasteiger partial charge on any atom is 0.305 e. The van der Waals surface area contributed by atoms with E-state index in [9.17, 15) is 4.79 Å². The highest BCUT2D eigenvalue weighted by Gasteiger charge is 2.00. The van der Waals surface area contributed by atoms with E-state index in [1.54, 1.807) is 0 Å². The van der Waals surface area contributed by atoms with Crippen LogP contribution < -0.4 is 0 Å². The van der Waals surface area contributed by atoms with Crippen LogP contribution in [0.5, 0.6) is 0 Å². The second-order valence-electron chi connectivity index (χ2n) is 2.54. The smallest absolute Gasteiger partial charge is 0.305 e. The number of esters is 1. The number of rotatable bonds is 6. The lowest BCUT2D eigenvalue weighted by Crippen LogP contribution is -2.04. The third-order valence-electron chi connectivity index (χ3n) is 1.43. The molecule has 0 heterocycles. The monoisotopic (exact) mass is 179 g/mol. The van der Waals surface area contributed by atoms with Crippen molar-refractivity contribution in [3.63, 3.8) is 0 Å². The van der Waals surface area contributed by atoms with Crippen LogP contribution in [0.3, 0.4) is 0 Å². The van der Waals surface area contributed by atoms with Gasteiger partial charge in [-0.3, -0.25) is 4.79 Å². The lowest BCUT2D eigenvalue weighted by Gasteiger charge is -2.00. The third-order valence-corrected chi connectivity index (χ3v) is 1.43. The van der Waals surface area contributed by atoms with Crippen LogP contribution in [-0.2, 0) is 9.53 Å². The molecule has 3 heteroatoms. The minimum atomic E-state index is -0.243. The lowest BCUT2D eigenvalue weighted by molar-refractivity contribution is -0.143. The van der Waals surface area contributed by atoms with Crippen LogP contribution in [0, 0.1) is 23.7 Å². The largest absolute Gasteiger partial charge is 0.465 e. The van der Waals surface area contributed by atoms with E-state index in [-0.39, 0.29) is 19.0 Å². The van der Waals surface area contributed by atoms with E-state index in [1.807, 2.05) is 6.07 Å². The first-order valence-corrected chi connectivity index (χ1v) is 4.27. The number of unbranched alkanes of at least 4 members (excludes halogenated alkanes) is 2. The van der Waals surface area contributed by atoms with Crippen molar-refractivity contribution in [2.75, 3.05) is 6.61 Å². The lowest BCUT2D eigenvalue weighted by atomic mass is 10.2. The van der Waals surface area contributed by atoms with Crippen molar-refractivity contribution in [3.8, 4) is 18.4 Å². The van der Waals surface area contributed by atoms with Crippen LogP contribution in [0.15, 0.2) is 0 Å². The van der Waals surface area contributed by atoms with Crippen LogP contribution in [0.2, 0.25) is 0 Å². The van der Waals surface area contributed by atoms with Gasteiger partial charge >= 0.3 is 5.97 Å². The van der Waals surface area contributed by atoms with Gasteiger partial charge in [0.1, 0.15) is 6.61 Å². The summed E-state index contributed by atoms with van der Waals surface area (Å²) in [6, 6.07) is 1.90. The number of hydrogen-bond acceptors (Lipinski definition) is 3. The molecule has 0 saturated heterocycles. The summed E-state index contributed by atoms with van der Waals surface area (Å²) in [6.07, 6.45) is 8.01. The van der Waals surface area contributed by atoms with Crippen LogP contribution >= 0.6 is 0 Å². The summed E-state index contributed by atoms with van der Waals surface area (Å²) in [5.41, 5.74) is 0. The third kappa shape index (κ3) is 8.43. The molecule has 0 radical (unpaired) electrons. The van der Waals surface area contributed by atoms with Crippen molar-refractivity contribution in [2.24, 2.45) is 0 Å². The standard InChI is InChI=1S/C10H13NO2/c1-2-3-4-5-7-10(12)13-9-6-8-11/h1H,3-7,9H2. The summed E-state index contributed by atoms with van der Waals surface area (Å²) in [6.45, 7) is 0.199. The molecule has 0 aliphatic heterocycles. The molecule has 13 heavy (non-hydrogen) atoms. The Morgan fingerprint density at radius 2 is 2.15 bits per heavy atom. The highest BCUT2D eigenvalue weighted by atomic mass is 16.5. The minimum absolute atomic E-state index is 0.199. The fraction of sp³-hybridized carbons (Fsp3) is 0.600. The number of ether oxygens (including phenoxy) is 1. The minimum Gasteiger partial charge on any atom is -0.465 e. The Morgan fingerprint density at radius 1 is 1.38 bits per heavy atom. The van der Waals surface area contributed by atoms with E-state index in [0.717, 1.165) is 12.8 Å². The number of carbonyl (C=O) groups is 1. The molecule has 0 bridgehead atoms. The zero-order valence-corrected chi connectivity index (χ0v) is 7.58. The fourth-order valence-electron chi connectivity index (χ4n) is 0.779. The van der Waals surface area contributed by atoms with Gasteiger partial charge in [-0.05, 0) is 12.8 Å². The second-order valence-corrected chi connectivity index (χ2v) is 2.54. The van der Waals surface area contributed by atoms with Crippen molar-refractivity contribution in [2.45, 2.75) is 32.1 Å². The van der Waals surface area contributed by atoms with Gasteiger partial charge in [-0.25, -0.2) is 0 Å². The number of hydrogen-bond donors (Lipinski definition) is 0. The Hall–Kier alpha value is -1.48. The van der Waals surface area contributed by atoms with Crippen molar-refractivity contribution in [1.82, 2.24) is 0 Å². The topological polar surface area (TPSA) is 50.1 Å². The summed E-state index contributed by atoms with van der Waals surface area (Å²) < 4.78 is 4.75. The van der Waals surface area contributed by atoms with Gasteiger partial charge in [0.25, 0.3) is 0 Å². The van der Waals surface area contributed by atoms with Crippen LogP contribution in [0.1, 0.15) is 32.1 Å². The molecule has 0 aromatic carbocycles. The zero-order valence-electron chi connectivity index (χ0n) is 7.58. The van der Waals surface area contributed by atoms with Gasteiger partial charge in [0.05, 0.1) is 12.5 Å². The second kappa shape index (κ2) is 8.62. The van der Waals surface area contributed by atoms with Crippen molar-refractivity contribution in [1.29, 1.82) is 5.26 Å². The Bertz CT molecular complexity index is 222. The van der Waals surface area contributed by atoms with Crippen molar-refractivity contribution < 1.29 is 9.53 Å². The van der Waals surface area contributed by atoms with Gasteiger partial charge in [-0.1, -0.05) is 0 Å². The van der Waals surface area contributed by atoms with E-state index in [4.69, 9.17) is 16.4 Å². The summed E-state index contributed by atoms with van der Waals surface area (Å²) >= 11 is 0. The SMILES string of the molecule is C#CCCCCC(=O)OCCC#N. The van der Waals surface area contributed by atoms with E-state index in [0.29, 0.717) is 12.8 Å². The van der Waals surface area contributed by atoms with Crippen molar-refractivity contribution in [3.05, 3.63) is 0 Å².